The van der Waals surface area contributed by atoms with E-state index in [0.717, 1.165) is 19.7 Å². The SMILES string of the molecule is C=C(C)C(N)c1ccc(I)c(Cl)c1. The van der Waals surface area contributed by atoms with Crippen LogP contribution in [0.2, 0.25) is 5.02 Å². The molecule has 0 radical (unpaired) electrons. The zero-order chi connectivity index (χ0) is 10.0. The Balaban J connectivity index is 3.03. The van der Waals surface area contributed by atoms with Crippen molar-refractivity contribution in [1.29, 1.82) is 0 Å². The second kappa shape index (κ2) is 4.44. The van der Waals surface area contributed by atoms with E-state index >= 15 is 0 Å². The van der Waals surface area contributed by atoms with Crippen molar-refractivity contribution < 1.29 is 0 Å². The summed E-state index contributed by atoms with van der Waals surface area (Å²) in [5.41, 5.74) is 7.85. The summed E-state index contributed by atoms with van der Waals surface area (Å²) in [5, 5.41) is 0.745. The first-order valence-electron chi connectivity index (χ1n) is 3.88. The highest BCUT2D eigenvalue weighted by Crippen LogP contribution is 2.24. The average molecular weight is 308 g/mol. The molecule has 1 aromatic carbocycles. The number of halogens is 2. The first-order valence-corrected chi connectivity index (χ1v) is 5.34. The molecule has 1 unspecified atom stereocenters. The number of hydrogen-bond acceptors (Lipinski definition) is 1. The molecular formula is C10H11ClIN. The van der Waals surface area contributed by atoms with Gasteiger partial charge < -0.3 is 5.73 Å². The molecule has 0 aromatic heterocycles. The van der Waals surface area contributed by atoms with Crippen LogP contribution in [0.1, 0.15) is 18.5 Å². The molecule has 1 atom stereocenters. The Morgan fingerprint density at radius 1 is 1.62 bits per heavy atom. The summed E-state index contributed by atoms with van der Waals surface area (Å²) in [5.74, 6) is 0. The van der Waals surface area contributed by atoms with Crippen molar-refractivity contribution in [3.05, 3.63) is 44.5 Å². The topological polar surface area (TPSA) is 26.0 Å². The van der Waals surface area contributed by atoms with E-state index in [1.165, 1.54) is 0 Å². The molecule has 0 aliphatic rings. The van der Waals surface area contributed by atoms with Crippen LogP contribution in [0.25, 0.3) is 0 Å². The van der Waals surface area contributed by atoms with E-state index < -0.39 is 0 Å². The van der Waals surface area contributed by atoms with Gasteiger partial charge in [-0.2, -0.15) is 0 Å². The zero-order valence-electron chi connectivity index (χ0n) is 7.35. The first-order chi connectivity index (χ1) is 6.02. The molecule has 0 fully saturated rings. The Bertz CT molecular complexity index is 336. The second-order valence-corrected chi connectivity index (χ2v) is 4.57. The molecule has 13 heavy (non-hydrogen) atoms. The molecule has 0 aliphatic heterocycles. The highest BCUT2D eigenvalue weighted by atomic mass is 127. The molecule has 1 rings (SSSR count). The minimum Gasteiger partial charge on any atom is -0.321 e. The Morgan fingerprint density at radius 3 is 2.69 bits per heavy atom. The molecule has 0 saturated carbocycles. The maximum atomic E-state index is 5.97. The lowest BCUT2D eigenvalue weighted by atomic mass is 10.0. The van der Waals surface area contributed by atoms with E-state index in [1.807, 2.05) is 25.1 Å². The monoisotopic (exact) mass is 307 g/mol. The number of benzene rings is 1. The quantitative estimate of drug-likeness (QED) is 0.656. The molecule has 1 aromatic rings. The summed E-state index contributed by atoms with van der Waals surface area (Å²) < 4.78 is 1.04. The average Bonchev–Trinajstić information content (AvgIpc) is 2.08. The van der Waals surface area contributed by atoms with Gasteiger partial charge in [-0.3, -0.25) is 0 Å². The van der Waals surface area contributed by atoms with Crippen molar-refractivity contribution >= 4 is 34.2 Å². The minimum absolute atomic E-state index is 0.116. The van der Waals surface area contributed by atoms with E-state index in [2.05, 4.69) is 29.2 Å². The van der Waals surface area contributed by atoms with E-state index in [0.29, 0.717) is 0 Å². The van der Waals surface area contributed by atoms with Crippen LogP contribution in [0.3, 0.4) is 0 Å². The van der Waals surface area contributed by atoms with Crippen LogP contribution in [0.15, 0.2) is 30.4 Å². The van der Waals surface area contributed by atoms with Crippen molar-refractivity contribution in [2.75, 3.05) is 0 Å². The van der Waals surface area contributed by atoms with Crippen LogP contribution >= 0.6 is 34.2 Å². The van der Waals surface area contributed by atoms with Gasteiger partial charge in [0.1, 0.15) is 0 Å². The first kappa shape index (κ1) is 11.0. The summed E-state index contributed by atoms with van der Waals surface area (Å²) >= 11 is 8.16. The van der Waals surface area contributed by atoms with E-state index in [-0.39, 0.29) is 6.04 Å². The van der Waals surface area contributed by atoms with Crippen molar-refractivity contribution in [3.8, 4) is 0 Å². The lowest BCUT2D eigenvalue weighted by Gasteiger charge is -2.12. The van der Waals surface area contributed by atoms with Gasteiger partial charge in [-0.1, -0.05) is 29.8 Å². The summed E-state index contributed by atoms with van der Waals surface area (Å²) in [6.45, 7) is 5.73. The van der Waals surface area contributed by atoms with Crippen LogP contribution < -0.4 is 5.73 Å². The number of rotatable bonds is 2. The van der Waals surface area contributed by atoms with Gasteiger partial charge in [0.15, 0.2) is 0 Å². The molecule has 0 aliphatic carbocycles. The normalized spacial score (nSPS) is 12.6. The molecule has 0 bridgehead atoms. The van der Waals surface area contributed by atoms with Crippen molar-refractivity contribution in [3.63, 3.8) is 0 Å². The zero-order valence-corrected chi connectivity index (χ0v) is 10.3. The highest BCUT2D eigenvalue weighted by Gasteiger charge is 2.07. The molecule has 2 N–H and O–H groups in total. The number of nitrogens with two attached hydrogens (primary N) is 1. The predicted molar refractivity (Wildman–Crippen MR) is 65.9 cm³/mol. The van der Waals surface area contributed by atoms with Gasteiger partial charge in [0.2, 0.25) is 0 Å². The van der Waals surface area contributed by atoms with Gasteiger partial charge in [0, 0.05) is 3.57 Å². The largest absolute Gasteiger partial charge is 0.321 e. The molecule has 3 heteroatoms. The minimum atomic E-state index is -0.116. The van der Waals surface area contributed by atoms with Crippen LogP contribution in [0, 0.1) is 3.57 Å². The van der Waals surface area contributed by atoms with Gasteiger partial charge in [0.25, 0.3) is 0 Å². The van der Waals surface area contributed by atoms with E-state index in [4.69, 9.17) is 17.3 Å². The Kier molecular flexibility index (Phi) is 3.76. The lowest BCUT2D eigenvalue weighted by Crippen LogP contribution is -2.10. The fraction of sp³-hybridized carbons (Fsp3) is 0.200. The molecule has 1 nitrogen and oxygen atoms in total. The Hall–Kier alpha value is -0.0600. The third-order valence-electron chi connectivity index (χ3n) is 1.83. The standard InChI is InChI=1S/C10H11ClIN/c1-6(2)10(13)7-3-4-9(12)8(11)5-7/h3-5,10H,1,13H2,2H3. The van der Waals surface area contributed by atoms with Crippen LogP contribution in [0.4, 0.5) is 0 Å². The van der Waals surface area contributed by atoms with Crippen molar-refractivity contribution in [2.24, 2.45) is 5.73 Å². The van der Waals surface area contributed by atoms with Gasteiger partial charge in [-0.05, 0) is 47.2 Å². The maximum absolute atomic E-state index is 5.97. The third-order valence-corrected chi connectivity index (χ3v) is 3.41. The summed E-state index contributed by atoms with van der Waals surface area (Å²) in [7, 11) is 0. The Labute approximate surface area is 97.1 Å². The molecule has 0 amide bonds. The Morgan fingerprint density at radius 2 is 2.23 bits per heavy atom. The van der Waals surface area contributed by atoms with Gasteiger partial charge in [0.05, 0.1) is 11.1 Å². The van der Waals surface area contributed by atoms with Crippen LogP contribution in [-0.2, 0) is 0 Å². The fourth-order valence-corrected chi connectivity index (χ4v) is 1.51. The highest BCUT2D eigenvalue weighted by molar-refractivity contribution is 14.1. The van der Waals surface area contributed by atoms with Crippen LogP contribution in [0.5, 0.6) is 0 Å². The summed E-state index contributed by atoms with van der Waals surface area (Å²) in [6, 6.07) is 5.71. The van der Waals surface area contributed by atoms with Gasteiger partial charge in [-0.15, -0.1) is 0 Å². The molecular weight excluding hydrogens is 296 g/mol. The van der Waals surface area contributed by atoms with Crippen LogP contribution in [-0.4, -0.2) is 0 Å². The summed E-state index contributed by atoms with van der Waals surface area (Å²) in [6.07, 6.45) is 0. The molecule has 0 spiro atoms. The predicted octanol–water partition coefficient (Wildman–Crippen LogP) is 3.52. The fourth-order valence-electron chi connectivity index (χ4n) is 0.990. The second-order valence-electron chi connectivity index (χ2n) is 3.00. The van der Waals surface area contributed by atoms with Gasteiger partial charge in [-0.25, -0.2) is 0 Å². The summed E-state index contributed by atoms with van der Waals surface area (Å²) in [4.78, 5) is 0. The lowest BCUT2D eigenvalue weighted by molar-refractivity contribution is 0.850. The molecule has 0 heterocycles. The third kappa shape index (κ3) is 2.69. The number of hydrogen-bond donors (Lipinski definition) is 1. The van der Waals surface area contributed by atoms with Crippen molar-refractivity contribution in [2.45, 2.75) is 13.0 Å². The maximum Gasteiger partial charge on any atom is 0.0542 e. The van der Waals surface area contributed by atoms with E-state index in [1.54, 1.807) is 0 Å². The van der Waals surface area contributed by atoms with Crippen molar-refractivity contribution in [1.82, 2.24) is 0 Å². The molecule has 70 valence electrons. The van der Waals surface area contributed by atoms with Gasteiger partial charge >= 0.3 is 0 Å². The van der Waals surface area contributed by atoms with E-state index in [9.17, 15) is 0 Å². The smallest absolute Gasteiger partial charge is 0.0542 e. The molecule has 0 saturated heterocycles.